The normalized spacial score (nSPS) is 12.6. The fourth-order valence-electron chi connectivity index (χ4n) is 3.84. The number of carbonyl (C=O) groups excluding carboxylic acids is 3. The van der Waals surface area contributed by atoms with E-state index in [1.54, 1.807) is 45.9 Å². The van der Waals surface area contributed by atoms with E-state index in [9.17, 15) is 19.6 Å². The summed E-state index contributed by atoms with van der Waals surface area (Å²) in [7, 11) is 0. The fraction of sp³-hybridized carbons (Fsp3) is 0.407. The minimum absolute atomic E-state index is 0.349. The zero-order valence-corrected chi connectivity index (χ0v) is 22.5. The number of hydrogen-bond donors (Lipinski definition) is 2. The van der Waals surface area contributed by atoms with E-state index in [1.165, 1.54) is 11.8 Å². The monoisotopic (exact) mass is 512 g/mol. The molecule has 0 fully saturated rings. The Morgan fingerprint density at radius 2 is 1.61 bits per heavy atom. The van der Waals surface area contributed by atoms with Gasteiger partial charge in [-0.1, -0.05) is 41.9 Å². The number of anilines is 1. The Balaban J connectivity index is 2.53. The molecule has 0 aromatic heterocycles. The molecule has 0 radical (unpaired) electrons. The van der Waals surface area contributed by atoms with Gasteiger partial charge in [0.25, 0.3) is 5.91 Å². The molecule has 9 heteroatoms. The molecule has 2 atom stereocenters. The maximum atomic E-state index is 13.8. The highest BCUT2D eigenvalue weighted by atomic mass is 35.5. The smallest absolute Gasteiger partial charge is 0.408 e. The number of alkyl carbamates (subject to hydrolysis) is 1. The SMILES string of the molecule is Cc1cccc(Cl)c1NC(=O)C(c1c(C)cccc1C)N(CC#N)C(=O)C(C)NC(=O)OC(C)(C)C. The molecule has 2 unspecified atom stereocenters. The number of nitriles is 1. The van der Waals surface area contributed by atoms with E-state index < -0.39 is 35.6 Å². The lowest BCUT2D eigenvalue weighted by molar-refractivity contribution is -0.139. The molecule has 2 rings (SSSR count). The Morgan fingerprint density at radius 1 is 1.06 bits per heavy atom. The van der Waals surface area contributed by atoms with E-state index in [0.29, 0.717) is 16.3 Å². The van der Waals surface area contributed by atoms with Crippen LogP contribution in [0.4, 0.5) is 10.5 Å². The van der Waals surface area contributed by atoms with Gasteiger partial charge in [0.2, 0.25) is 5.91 Å². The predicted molar refractivity (Wildman–Crippen MR) is 140 cm³/mol. The van der Waals surface area contributed by atoms with Gasteiger partial charge in [-0.15, -0.1) is 0 Å². The van der Waals surface area contributed by atoms with Crippen molar-refractivity contribution in [2.45, 2.75) is 66.2 Å². The molecule has 0 aliphatic heterocycles. The van der Waals surface area contributed by atoms with Crippen LogP contribution in [0.15, 0.2) is 36.4 Å². The van der Waals surface area contributed by atoms with Crippen LogP contribution in [0.1, 0.15) is 56.0 Å². The zero-order valence-electron chi connectivity index (χ0n) is 21.7. The fourth-order valence-corrected chi connectivity index (χ4v) is 4.11. The third-order valence-electron chi connectivity index (χ3n) is 5.47. The highest BCUT2D eigenvalue weighted by molar-refractivity contribution is 6.34. The summed E-state index contributed by atoms with van der Waals surface area (Å²) in [5.41, 5.74) is 2.54. The largest absolute Gasteiger partial charge is 0.444 e. The van der Waals surface area contributed by atoms with Crippen LogP contribution in [0.2, 0.25) is 5.02 Å². The number of amides is 3. The minimum atomic E-state index is -1.16. The summed E-state index contributed by atoms with van der Waals surface area (Å²) in [5, 5.41) is 15.3. The third kappa shape index (κ3) is 7.22. The molecule has 36 heavy (non-hydrogen) atoms. The number of ether oxygens (including phenoxy) is 1. The van der Waals surface area contributed by atoms with Crippen molar-refractivity contribution in [2.75, 3.05) is 11.9 Å². The van der Waals surface area contributed by atoms with Crippen LogP contribution in [0.25, 0.3) is 0 Å². The highest BCUT2D eigenvalue weighted by Gasteiger charge is 2.36. The molecule has 0 saturated heterocycles. The van der Waals surface area contributed by atoms with Crippen LogP contribution in [0.5, 0.6) is 0 Å². The number of aryl methyl sites for hydroxylation is 3. The van der Waals surface area contributed by atoms with Gasteiger partial charge >= 0.3 is 6.09 Å². The summed E-state index contributed by atoms with van der Waals surface area (Å²) in [5.74, 6) is -1.14. The summed E-state index contributed by atoms with van der Waals surface area (Å²) < 4.78 is 5.25. The Morgan fingerprint density at radius 3 is 2.14 bits per heavy atom. The van der Waals surface area contributed by atoms with Gasteiger partial charge in [0.05, 0.1) is 16.8 Å². The molecule has 0 bridgehead atoms. The molecular formula is C27H33ClN4O4. The average Bonchev–Trinajstić information content (AvgIpc) is 2.75. The Labute approximate surface area is 217 Å². The van der Waals surface area contributed by atoms with Gasteiger partial charge < -0.3 is 20.3 Å². The number of para-hydroxylation sites is 1. The third-order valence-corrected chi connectivity index (χ3v) is 5.79. The number of rotatable bonds is 7. The van der Waals surface area contributed by atoms with Crippen molar-refractivity contribution in [1.82, 2.24) is 10.2 Å². The molecule has 2 aromatic carbocycles. The topological polar surface area (TPSA) is 112 Å². The van der Waals surface area contributed by atoms with Gasteiger partial charge in [0.1, 0.15) is 24.2 Å². The molecule has 2 aromatic rings. The first-order valence-electron chi connectivity index (χ1n) is 11.6. The van der Waals surface area contributed by atoms with Crippen molar-refractivity contribution in [3.63, 3.8) is 0 Å². The molecular weight excluding hydrogens is 480 g/mol. The molecule has 0 spiro atoms. The highest BCUT2D eigenvalue weighted by Crippen LogP contribution is 2.32. The summed E-state index contributed by atoms with van der Waals surface area (Å²) in [6.45, 7) is 11.7. The first kappa shape index (κ1) is 28.7. The number of carbonyl (C=O) groups is 3. The van der Waals surface area contributed by atoms with Crippen LogP contribution in [0, 0.1) is 32.1 Å². The van der Waals surface area contributed by atoms with Gasteiger partial charge in [-0.3, -0.25) is 9.59 Å². The van der Waals surface area contributed by atoms with Crippen molar-refractivity contribution in [2.24, 2.45) is 0 Å². The summed E-state index contributed by atoms with van der Waals surface area (Å²) in [6.07, 6.45) is -0.778. The van der Waals surface area contributed by atoms with E-state index in [1.807, 2.05) is 38.1 Å². The van der Waals surface area contributed by atoms with Crippen LogP contribution in [-0.2, 0) is 14.3 Å². The first-order chi connectivity index (χ1) is 16.8. The van der Waals surface area contributed by atoms with Crippen molar-refractivity contribution < 1.29 is 19.1 Å². The van der Waals surface area contributed by atoms with E-state index in [0.717, 1.165) is 16.7 Å². The lowest BCUT2D eigenvalue weighted by atomic mass is 9.93. The Hall–Kier alpha value is -3.57. The second kappa shape index (κ2) is 11.9. The van der Waals surface area contributed by atoms with Gasteiger partial charge in [-0.25, -0.2) is 4.79 Å². The standard InChI is InChI=1S/C27H33ClN4O4/c1-16-10-8-11-17(2)21(16)23(24(33)31-22-18(3)12-9-13-20(22)28)32(15-14-29)25(34)19(4)30-26(35)36-27(5,6)7/h8-13,19,23H,15H2,1-7H3,(H,30,35)(H,31,33). The van der Waals surface area contributed by atoms with Gasteiger partial charge in [-0.2, -0.15) is 5.26 Å². The van der Waals surface area contributed by atoms with E-state index in [-0.39, 0.29) is 6.54 Å². The summed E-state index contributed by atoms with van der Waals surface area (Å²) in [4.78, 5) is 40.8. The number of benzene rings is 2. The predicted octanol–water partition coefficient (Wildman–Crippen LogP) is 5.21. The van der Waals surface area contributed by atoms with Gasteiger partial charge in [0, 0.05) is 0 Å². The average molecular weight is 513 g/mol. The number of nitrogens with zero attached hydrogens (tertiary/aromatic N) is 2. The van der Waals surface area contributed by atoms with Gasteiger partial charge in [-0.05, 0) is 76.8 Å². The maximum Gasteiger partial charge on any atom is 0.408 e. The quantitative estimate of drug-likeness (QED) is 0.494. The molecule has 0 heterocycles. The van der Waals surface area contributed by atoms with Crippen molar-refractivity contribution in [1.29, 1.82) is 5.26 Å². The molecule has 0 aliphatic rings. The maximum absolute atomic E-state index is 13.8. The molecule has 3 amide bonds. The van der Waals surface area contributed by atoms with Crippen LogP contribution < -0.4 is 10.6 Å². The van der Waals surface area contributed by atoms with Crippen LogP contribution >= 0.6 is 11.6 Å². The molecule has 8 nitrogen and oxygen atoms in total. The van der Waals surface area contributed by atoms with E-state index in [2.05, 4.69) is 10.6 Å². The summed E-state index contributed by atoms with van der Waals surface area (Å²) in [6, 6.07) is 10.5. The van der Waals surface area contributed by atoms with Gasteiger partial charge in [0.15, 0.2) is 0 Å². The first-order valence-corrected chi connectivity index (χ1v) is 11.9. The lowest BCUT2D eigenvalue weighted by Gasteiger charge is -2.33. The van der Waals surface area contributed by atoms with Crippen LogP contribution in [0.3, 0.4) is 0 Å². The molecule has 0 saturated carbocycles. The van der Waals surface area contributed by atoms with Crippen LogP contribution in [-0.4, -0.2) is 41.0 Å². The number of halogens is 1. The molecule has 192 valence electrons. The summed E-state index contributed by atoms with van der Waals surface area (Å²) >= 11 is 6.34. The van der Waals surface area contributed by atoms with Crippen molar-refractivity contribution in [3.8, 4) is 6.07 Å². The molecule has 2 N–H and O–H groups in total. The minimum Gasteiger partial charge on any atom is -0.444 e. The number of hydrogen-bond acceptors (Lipinski definition) is 5. The number of nitrogens with one attached hydrogen (secondary N) is 2. The second-order valence-electron chi connectivity index (χ2n) is 9.62. The Kier molecular flexibility index (Phi) is 9.48. The van der Waals surface area contributed by atoms with E-state index >= 15 is 0 Å². The Bertz CT molecular complexity index is 1140. The zero-order chi connectivity index (χ0) is 27.2. The lowest BCUT2D eigenvalue weighted by Crippen LogP contribution is -2.51. The molecule has 0 aliphatic carbocycles. The second-order valence-corrected chi connectivity index (χ2v) is 10.0. The van der Waals surface area contributed by atoms with Crippen molar-refractivity contribution in [3.05, 3.63) is 63.7 Å². The van der Waals surface area contributed by atoms with E-state index in [4.69, 9.17) is 16.3 Å². The van der Waals surface area contributed by atoms with Crippen molar-refractivity contribution >= 4 is 35.2 Å².